The molecule has 0 spiro atoms. The summed E-state index contributed by atoms with van der Waals surface area (Å²) >= 11 is 0. The Kier molecular flexibility index (Phi) is 8.80. The van der Waals surface area contributed by atoms with Gasteiger partial charge in [0.1, 0.15) is 17.7 Å². The molecule has 0 saturated heterocycles. The highest BCUT2D eigenvalue weighted by Gasteiger charge is 2.37. The van der Waals surface area contributed by atoms with Gasteiger partial charge in [-0.15, -0.1) is 0 Å². The van der Waals surface area contributed by atoms with Crippen LogP contribution < -0.4 is 10.6 Å². The van der Waals surface area contributed by atoms with Crippen molar-refractivity contribution >= 4 is 34.4 Å². The molecule has 0 saturated carbocycles. The molecule has 0 fully saturated rings. The lowest BCUT2D eigenvalue weighted by molar-refractivity contribution is -0.137. The van der Waals surface area contributed by atoms with Crippen LogP contribution in [0.2, 0.25) is 0 Å². The second kappa shape index (κ2) is 11.8. The number of nitrogens with one attached hydrogen (secondary N) is 2. The van der Waals surface area contributed by atoms with Gasteiger partial charge in [0.25, 0.3) is 11.8 Å². The molecule has 0 radical (unpaired) electrons. The van der Waals surface area contributed by atoms with Gasteiger partial charge in [-0.2, -0.15) is 0 Å². The number of aryl methyl sites for hydroxylation is 1. The molecular formula is C31H35N3O4. The third-order valence-corrected chi connectivity index (χ3v) is 5.99. The van der Waals surface area contributed by atoms with Crippen molar-refractivity contribution in [1.29, 1.82) is 0 Å². The van der Waals surface area contributed by atoms with Crippen LogP contribution in [0, 0.1) is 25.3 Å². The fourth-order valence-corrected chi connectivity index (χ4v) is 4.13. The van der Waals surface area contributed by atoms with E-state index in [-0.39, 0.29) is 5.92 Å². The van der Waals surface area contributed by atoms with E-state index in [2.05, 4.69) is 16.7 Å². The molecular weight excluding hydrogens is 478 g/mol. The standard InChI is InChI=1S/C31H35N3O4/c1-8-34(29(36)26(20(2)3)33-30(37)38-31(5,6)7)27(25-16-12-9-13-21(25)4)28(35)32-24-18-17-22-14-10-11-15-23(22)19-24/h1,9-20,26-27H,2-7H3,(H,32,35)(H,33,37). The number of benzene rings is 3. The minimum absolute atomic E-state index is 0.327. The predicted octanol–water partition coefficient (Wildman–Crippen LogP) is 5.80. The Morgan fingerprint density at radius 1 is 0.947 bits per heavy atom. The van der Waals surface area contributed by atoms with Crippen LogP contribution >= 0.6 is 0 Å². The molecule has 0 aliphatic heterocycles. The van der Waals surface area contributed by atoms with Gasteiger partial charge >= 0.3 is 6.09 Å². The van der Waals surface area contributed by atoms with Crippen molar-refractivity contribution in [3.05, 3.63) is 77.9 Å². The molecule has 3 aromatic rings. The number of nitrogens with zero attached hydrogens (tertiary/aromatic N) is 1. The molecule has 7 heteroatoms. The van der Waals surface area contributed by atoms with Crippen LogP contribution in [0.1, 0.15) is 51.8 Å². The Labute approximate surface area is 224 Å². The predicted molar refractivity (Wildman–Crippen MR) is 150 cm³/mol. The number of anilines is 1. The molecule has 38 heavy (non-hydrogen) atoms. The molecule has 0 bridgehead atoms. The highest BCUT2D eigenvalue weighted by Crippen LogP contribution is 2.28. The molecule has 2 N–H and O–H groups in total. The zero-order valence-corrected chi connectivity index (χ0v) is 22.7. The van der Waals surface area contributed by atoms with Crippen molar-refractivity contribution in [2.24, 2.45) is 5.92 Å². The molecule has 0 aromatic heterocycles. The van der Waals surface area contributed by atoms with Gasteiger partial charge in [0.2, 0.25) is 0 Å². The quantitative estimate of drug-likeness (QED) is 0.309. The number of alkyl carbamates (subject to hydrolysis) is 1. The number of amides is 3. The van der Waals surface area contributed by atoms with Gasteiger partial charge in [-0.3, -0.25) is 14.5 Å². The molecule has 2 unspecified atom stereocenters. The minimum Gasteiger partial charge on any atom is -0.444 e. The maximum absolute atomic E-state index is 13.8. The van der Waals surface area contributed by atoms with Gasteiger partial charge in [0, 0.05) is 11.7 Å². The van der Waals surface area contributed by atoms with Crippen LogP contribution in [0.25, 0.3) is 10.8 Å². The van der Waals surface area contributed by atoms with Crippen LogP contribution in [0.3, 0.4) is 0 Å². The lowest BCUT2D eigenvalue weighted by Gasteiger charge is -2.32. The molecule has 0 heterocycles. The zero-order valence-electron chi connectivity index (χ0n) is 22.7. The van der Waals surface area contributed by atoms with E-state index in [1.807, 2.05) is 55.5 Å². The van der Waals surface area contributed by atoms with Gasteiger partial charge < -0.3 is 15.4 Å². The van der Waals surface area contributed by atoms with Crippen LogP contribution in [-0.4, -0.2) is 34.5 Å². The molecule has 2 atom stereocenters. The summed E-state index contributed by atoms with van der Waals surface area (Å²) in [5.41, 5.74) is 1.20. The maximum Gasteiger partial charge on any atom is 0.408 e. The molecule has 3 amide bonds. The molecule has 3 aromatic carbocycles. The summed E-state index contributed by atoms with van der Waals surface area (Å²) in [7, 11) is 0. The first kappa shape index (κ1) is 28.3. The van der Waals surface area contributed by atoms with Crippen molar-refractivity contribution in [1.82, 2.24) is 10.2 Å². The topological polar surface area (TPSA) is 87.7 Å². The summed E-state index contributed by atoms with van der Waals surface area (Å²) < 4.78 is 5.36. The number of hydrogen-bond acceptors (Lipinski definition) is 4. The Balaban J connectivity index is 1.98. The summed E-state index contributed by atoms with van der Waals surface area (Å²) in [6, 6.07) is 20.9. The first-order chi connectivity index (χ1) is 17.9. The van der Waals surface area contributed by atoms with E-state index in [9.17, 15) is 14.4 Å². The van der Waals surface area contributed by atoms with Gasteiger partial charge in [0.15, 0.2) is 0 Å². The average Bonchev–Trinajstić information content (AvgIpc) is 2.84. The fourth-order valence-electron chi connectivity index (χ4n) is 4.13. The number of ether oxygens (including phenoxy) is 1. The van der Waals surface area contributed by atoms with Crippen LogP contribution in [0.15, 0.2) is 66.7 Å². The third kappa shape index (κ3) is 6.92. The SMILES string of the molecule is C#CN(C(=O)C(NC(=O)OC(C)(C)C)C(C)C)C(C(=O)Nc1ccc2ccccc2c1)c1ccccc1C. The third-order valence-electron chi connectivity index (χ3n) is 5.99. The Morgan fingerprint density at radius 3 is 2.18 bits per heavy atom. The second-order valence-corrected chi connectivity index (χ2v) is 10.5. The van der Waals surface area contributed by atoms with E-state index in [0.29, 0.717) is 11.3 Å². The summed E-state index contributed by atoms with van der Waals surface area (Å²) in [5, 5.41) is 7.57. The monoisotopic (exact) mass is 513 g/mol. The fraction of sp³-hybridized carbons (Fsp3) is 0.323. The number of fused-ring (bicyclic) bond motifs is 1. The minimum atomic E-state index is -1.14. The number of hydrogen-bond donors (Lipinski definition) is 2. The number of carbonyl (C=O) groups excluding carboxylic acids is 3. The summed E-state index contributed by atoms with van der Waals surface area (Å²) in [5.74, 6) is -1.39. The van der Waals surface area contributed by atoms with Crippen molar-refractivity contribution in [2.75, 3.05) is 5.32 Å². The van der Waals surface area contributed by atoms with E-state index in [4.69, 9.17) is 11.2 Å². The maximum atomic E-state index is 13.8. The second-order valence-electron chi connectivity index (χ2n) is 10.5. The van der Waals surface area contributed by atoms with Crippen LogP contribution in [0.4, 0.5) is 10.5 Å². The molecule has 0 aliphatic carbocycles. The Hall–Kier alpha value is -4.31. The number of carbonyl (C=O) groups is 3. The average molecular weight is 514 g/mol. The van der Waals surface area contributed by atoms with Gasteiger partial charge in [-0.05, 0) is 67.6 Å². The van der Waals surface area contributed by atoms with Crippen molar-refractivity contribution in [3.63, 3.8) is 0 Å². The zero-order chi connectivity index (χ0) is 28.0. The Bertz CT molecular complexity index is 1370. The first-order valence-electron chi connectivity index (χ1n) is 12.6. The van der Waals surface area contributed by atoms with E-state index in [0.717, 1.165) is 21.2 Å². The van der Waals surface area contributed by atoms with Crippen molar-refractivity contribution < 1.29 is 19.1 Å². The summed E-state index contributed by atoms with van der Waals surface area (Å²) in [6.45, 7) is 10.6. The van der Waals surface area contributed by atoms with E-state index < -0.39 is 35.6 Å². The van der Waals surface area contributed by atoms with Crippen LogP contribution in [-0.2, 0) is 14.3 Å². The molecule has 7 nitrogen and oxygen atoms in total. The number of terminal acetylenes is 1. The molecule has 3 rings (SSSR count). The van der Waals surface area contributed by atoms with Gasteiger partial charge in [-0.1, -0.05) is 74.9 Å². The van der Waals surface area contributed by atoms with Crippen LogP contribution in [0.5, 0.6) is 0 Å². The molecule has 198 valence electrons. The molecule has 0 aliphatic rings. The van der Waals surface area contributed by atoms with Crippen molar-refractivity contribution in [2.45, 2.75) is 59.2 Å². The largest absolute Gasteiger partial charge is 0.444 e. The Morgan fingerprint density at radius 2 is 1.58 bits per heavy atom. The lowest BCUT2D eigenvalue weighted by atomic mass is 9.96. The summed E-state index contributed by atoms with van der Waals surface area (Å²) in [6.07, 6.45) is 5.13. The highest BCUT2D eigenvalue weighted by molar-refractivity contribution is 6.01. The van der Waals surface area contributed by atoms with Gasteiger partial charge in [0.05, 0.1) is 0 Å². The summed E-state index contributed by atoms with van der Waals surface area (Å²) in [4.78, 5) is 41.2. The van der Waals surface area contributed by atoms with Gasteiger partial charge in [-0.25, -0.2) is 4.79 Å². The highest BCUT2D eigenvalue weighted by atomic mass is 16.6. The first-order valence-corrected chi connectivity index (χ1v) is 12.6. The van der Waals surface area contributed by atoms with E-state index >= 15 is 0 Å². The van der Waals surface area contributed by atoms with E-state index in [1.165, 1.54) is 0 Å². The van der Waals surface area contributed by atoms with Crippen molar-refractivity contribution in [3.8, 4) is 12.5 Å². The number of rotatable bonds is 7. The van der Waals surface area contributed by atoms with E-state index in [1.54, 1.807) is 52.8 Å². The lowest BCUT2D eigenvalue weighted by Crippen LogP contribution is -2.53. The smallest absolute Gasteiger partial charge is 0.408 e. The normalized spacial score (nSPS) is 12.8.